The van der Waals surface area contributed by atoms with Crippen molar-refractivity contribution in [2.24, 2.45) is 0 Å². The third-order valence-electron chi connectivity index (χ3n) is 3.41. The summed E-state index contributed by atoms with van der Waals surface area (Å²) in [4.78, 5) is 12.2. The van der Waals surface area contributed by atoms with E-state index >= 15 is 0 Å². The fraction of sp³-hybridized carbons (Fsp3) is 0.0556. The van der Waals surface area contributed by atoms with E-state index in [1.54, 1.807) is 24.3 Å². The number of fused-ring (bicyclic) bond motifs is 1. The number of carbonyl (C=O) groups is 1. The Morgan fingerprint density at radius 3 is 2.32 bits per heavy atom. The normalized spacial score (nSPS) is 12.2. The second kappa shape index (κ2) is 6.12. The SMILES string of the molecule is O=C(O)C(Sc1ccccc1O)c1ccc2ccccc2c1. The number of phenols is 1. The highest BCUT2D eigenvalue weighted by atomic mass is 32.2. The lowest BCUT2D eigenvalue weighted by Crippen LogP contribution is -2.07. The van der Waals surface area contributed by atoms with Crippen LogP contribution in [0.2, 0.25) is 0 Å². The van der Waals surface area contributed by atoms with Crippen molar-refractivity contribution in [1.29, 1.82) is 0 Å². The van der Waals surface area contributed by atoms with E-state index in [4.69, 9.17) is 0 Å². The lowest BCUT2D eigenvalue weighted by Gasteiger charge is -2.14. The van der Waals surface area contributed by atoms with Gasteiger partial charge in [-0.15, -0.1) is 11.8 Å². The van der Waals surface area contributed by atoms with Crippen molar-refractivity contribution in [2.75, 3.05) is 0 Å². The minimum absolute atomic E-state index is 0.0968. The molecule has 0 aliphatic rings. The average molecular weight is 310 g/mol. The highest BCUT2D eigenvalue weighted by Gasteiger charge is 2.22. The number of thioether (sulfide) groups is 1. The fourth-order valence-electron chi connectivity index (χ4n) is 2.32. The van der Waals surface area contributed by atoms with Crippen molar-refractivity contribution in [2.45, 2.75) is 10.1 Å². The third-order valence-corrected chi connectivity index (χ3v) is 4.72. The number of phenolic OH excluding ortho intramolecular Hbond substituents is 1. The molecule has 0 aromatic heterocycles. The molecular weight excluding hydrogens is 296 g/mol. The Labute approximate surface area is 132 Å². The largest absolute Gasteiger partial charge is 0.507 e. The molecule has 0 bridgehead atoms. The zero-order chi connectivity index (χ0) is 15.5. The number of rotatable bonds is 4. The van der Waals surface area contributed by atoms with E-state index in [-0.39, 0.29) is 5.75 Å². The maximum absolute atomic E-state index is 11.6. The second-order valence-electron chi connectivity index (χ2n) is 4.91. The zero-order valence-electron chi connectivity index (χ0n) is 11.6. The van der Waals surface area contributed by atoms with Crippen LogP contribution in [0.5, 0.6) is 5.75 Å². The molecule has 0 heterocycles. The number of aromatic hydroxyl groups is 1. The Bertz CT molecular complexity index is 829. The number of aliphatic carboxylic acids is 1. The van der Waals surface area contributed by atoms with Gasteiger partial charge in [0.25, 0.3) is 0 Å². The molecular formula is C18H14O3S. The highest BCUT2D eigenvalue weighted by Crippen LogP contribution is 2.40. The van der Waals surface area contributed by atoms with Crippen LogP contribution in [0.15, 0.2) is 71.6 Å². The van der Waals surface area contributed by atoms with E-state index in [0.29, 0.717) is 10.5 Å². The summed E-state index contributed by atoms with van der Waals surface area (Å²) < 4.78 is 0. The first kappa shape index (κ1) is 14.5. The van der Waals surface area contributed by atoms with Gasteiger partial charge in [0.05, 0.1) is 4.90 Å². The predicted molar refractivity (Wildman–Crippen MR) is 88.3 cm³/mol. The van der Waals surface area contributed by atoms with Crippen molar-refractivity contribution in [3.05, 3.63) is 72.3 Å². The van der Waals surface area contributed by atoms with Gasteiger partial charge in [-0.1, -0.05) is 48.5 Å². The first-order chi connectivity index (χ1) is 10.6. The molecule has 0 fully saturated rings. The molecule has 1 atom stereocenters. The second-order valence-corrected chi connectivity index (χ2v) is 6.06. The molecule has 0 spiro atoms. The molecule has 1 unspecified atom stereocenters. The van der Waals surface area contributed by atoms with E-state index in [2.05, 4.69) is 0 Å². The summed E-state index contributed by atoms with van der Waals surface area (Å²) in [6.07, 6.45) is 0. The topological polar surface area (TPSA) is 57.5 Å². The Morgan fingerprint density at radius 1 is 0.909 bits per heavy atom. The van der Waals surface area contributed by atoms with E-state index in [1.807, 2.05) is 42.5 Å². The molecule has 2 N–H and O–H groups in total. The highest BCUT2D eigenvalue weighted by molar-refractivity contribution is 8.00. The minimum Gasteiger partial charge on any atom is -0.507 e. The Morgan fingerprint density at radius 2 is 1.59 bits per heavy atom. The van der Waals surface area contributed by atoms with Crippen LogP contribution >= 0.6 is 11.8 Å². The standard InChI is InChI=1S/C18H14O3S/c19-15-7-3-4-8-16(15)22-17(18(20)21)14-10-9-12-5-1-2-6-13(12)11-14/h1-11,17,19H,(H,20,21). The van der Waals surface area contributed by atoms with Gasteiger partial charge in [-0.25, -0.2) is 0 Å². The molecule has 0 saturated carbocycles. The van der Waals surface area contributed by atoms with Crippen LogP contribution < -0.4 is 0 Å². The summed E-state index contributed by atoms with van der Waals surface area (Å²) in [6.45, 7) is 0. The van der Waals surface area contributed by atoms with Crippen LogP contribution in [-0.4, -0.2) is 16.2 Å². The Kier molecular flexibility index (Phi) is 4.02. The molecule has 0 aliphatic carbocycles. The van der Waals surface area contributed by atoms with E-state index in [9.17, 15) is 15.0 Å². The van der Waals surface area contributed by atoms with Gasteiger partial charge in [0.15, 0.2) is 0 Å². The van der Waals surface area contributed by atoms with Gasteiger partial charge < -0.3 is 10.2 Å². The van der Waals surface area contributed by atoms with Crippen molar-refractivity contribution < 1.29 is 15.0 Å². The van der Waals surface area contributed by atoms with Gasteiger partial charge in [-0.05, 0) is 34.5 Å². The average Bonchev–Trinajstić information content (AvgIpc) is 2.53. The molecule has 0 saturated heterocycles. The van der Waals surface area contributed by atoms with Gasteiger partial charge in [0, 0.05) is 0 Å². The first-order valence-electron chi connectivity index (χ1n) is 6.81. The van der Waals surface area contributed by atoms with Crippen LogP contribution in [0.25, 0.3) is 10.8 Å². The van der Waals surface area contributed by atoms with Gasteiger partial charge >= 0.3 is 5.97 Å². The summed E-state index contributed by atoms with van der Waals surface area (Å²) in [7, 11) is 0. The monoisotopic (exact) mass is 310 g/mol. The molecule has 22 heavy (non-hydrogen) atoms. The van der Waals surface area contributed by atoms with Crippen LogP contribution in [-0.2, 0) is 4.79 Å². The molecule has 4 heteroatoms. The number of para-hydroxylation sites is 1. The first-order valence-corrected chi connectivity index (χ1v) is 7.69. The number of benzene rings is 3. The van der Waals surface area contributed by atoms with E-state index < -0.39 is 11.2 Å². The van der Waals surface area contributed by atoms with Gasteiger partial charge in [-0.2, -0.15) is 0 Å². The van der Waals surface area contributed by atoms with Crippen LogP contribution in [0.1, 0.15) is 10.8 Å². The molecule has 3 nitrogen and oxygen atoms in total. The lowest BCUT2D eigenvalue weighted by molar-refractivity contribution is -0.136. The number of hydrogen-bond acceptors (Lipinski definition) is 3. The molecule has 0 aliphatic heterocycles. The van der Waals surface area contributed by atoms with Crippen molar-refractivity contribution in [3.8, 4) is 5.75 Å². The summed E-state index contributed by atoms with van der Waals surface area (Å²) in [5.74, 6) is -0.830. The maximum atomic E-state index is 11.6. The third kappa shape index (κ3) is 2.92. The van der Waals surface area contributed by atoms with Gasteiger partial charge in [-0.3, -0.25) is 4.79 Å². The summed E-state index contributed by atoms with van der Waals surface area (Å²) in [6, 6.07) is 20.2. The van der Waals surface area contributed by atoms with E-state index in [1.165, 1.54) is 0 Å². The molecule has 0 radical (unpaired) electrons. The van der Waals surface area contributed by atoms with E-state index in [0.717, 1.165) is 22.5 Å². The van der Waals surface area contributed by atoms with Crippen molar-refractivity contribution >= 4 is 28.5 Å². The molecule has 3 aromatic carbocycles. The Balaban J connectivity index is 1.99. The maximum Gasteiger partial charge on any atom is 0.321 e. The summed E-state index contributed by atoms with van der Waals surface area (Å²) in [5, 5.41) is 20.7. The quantitative estimate of drug-likeness (QED) is 0.698. The molecule has 3 rings (SSSR count). The summed E-state index contributed by atoms with van der Waals surface area (Å²) in [5.41, 5.74) is 0.708. The zero-order valence-corrected chi connectivity index (χ0v) is 12.5. The van der Waals surface area contributed by atoms with Gasteiger partial charge in [0.2, 0.25) is 0 Å². The van der Waals surface area contributed by atoms with Crippen LogP contribution in [0, 0.1) is 0 Å². The lowest BCUT2D eigenvalue weighted by atomic mass is 10.1. The Hall–Kier alpha value is -2.46. The molecule has 3 aromatic rings. The summed E-state index contributed by atoms with van der Waals surface area (Å²) >= 11 is 1.14. The minimum atomic E-state index is -0.927. The fourth-order valence-corrected chi connectivity index (χ4v) is 3.30. The number of hydrogen-bond donors (Lipinski definition) is 2. The van der Waals surface area contributed by atoms with Crippen LogP contribution in [0.4, 0.5) is 0 Å². The smallest absolute Gasteiger partial charge is 0.321 e. The number of carboxylic acid groups (broad SMARTS) is 1. The van der Waals surface area contributed by atoms with Crippen molar-refractivity contribution in [3.63, 3.8) is 0 Å². The predicted octanol–water partition coefficient (Wildman–Crippen LogP) is 4.46. The van der Waals surface area contributed by atoms with Crippen LogP contribution in [0.3, 0.4) is 0 Å². The van der Waals surface area contributed by atoms with Crippen molar-refractivity contribution in [1.82, 2.24) is 0 Å². The van der Waals surface area contributed by atoms with Gasteiger partial charge in [0.1, 0.15) is 11.0 Å². The number of carboxylic acids is 1. The molecule has 110 valence electrons. The molecule has 0 amide bonds.